The number of Topliss-reactive ketones (excluding diaryl/α,β-unsaturated/α-hetero) is 2. The molecule has 4 atom stereocenters. The van der Waals surface area contributed by atoms with Crippen LogP contribution in [0.2, 0.25) is 0 Å². The molecule has 4 rings (SSSR count). The fraction of sp³-hybridized carbons (Fsp3) is 0.435. The van der Waals surface area contributed by atoms with Crippen LogP contribution in [0.3, 0.4) is 0 Å². The first-order valence-corrected chi connectivity index (χ1v) is 10.5. The fourth-order valence-electron chi connectivity index (χ4n) is 5.65. The summed E-state index contributed by atoms with van der Waals surface area (Å²) in [6.07, 6.45) is 0.324. The van der Waals surface area contributed by atoms with Crippen molar-refractivity contribution in [3.63, 3.8) is 0 Å². The van der Waals surface area contributed by atoms with Gasteiger partial charge in [0.25, 0.3) is 5.91 Å². The van der Waals surface area contributed by atoms with Crippen molar-refractivity contribution in [1.82, 2.24) is 4.90 Å². The predicted molar refractivity (Wildman–Crippen MR) is 118 cm³/mol. The van der Waals surface area contributed by atoms with E-state index in [4.69, 9.17) is 5.73 Å². The minimum Gasteiger partial charge on any atom is -0.510 e. The number of carbonyl (C=O) groups excluding carboxylic acids is 3. The van der Waals surface area contributed by atoms with Gasteiger partial charge in [-0.15, -0.1) is 0 Å². The van der Waals surface area contributed by atoms with E-state index < -0.39 is 58.0 Å². The van der Waals surface area contributed by atoms with E-state index in [2.05, 4.69) is 0 Å². The van der Waals surface area contributed by atoms with Gasteiger partial charge in [0.15, 0.2) is 11.4 Å². The second-order valence-corrected chi connectivity index (χ2v) is 9.31. The van der Waals surface area contributed by atoms with E-state index in [9.17, 15) is 34.8 Å². The van der Waals surface area contributed by atoms with Crippen LogP contribution in [0.25, 0.3) is 0 Å². The number of carbonyl (C=O) groups is 3. The van der Waals surface area contributed by atoms with Crippen LogP contribution in [0.5, 0.6) is 5.75 Å². The lowest BCUT2D eigenvalue weighted by atomic mass is 9.58. The van der Waals surface area contributed by atoms with Gasteiger partial charge in [0.1, 0.15) is 22.8 Å². The van der Waals surface area contributed by atoms with E-state index in [1.54, 1.807) is 39.2 Å². The van der Waals surface area contributed by atoms with E-state index in [1.165, 1.54) is 11.0 Å². The highest BCUT2D eigenvalue weighted by Crippen LogP contribution is 2.52. The number of anilines is 1. The van der Waals surface area contributed by atoms with Gasteiger partial charge in [0.05, 0.1) is 11.6 Å². The number of amides is 1. The Balaban J connectivity index is 1.98. The number of phenolic OH excluding ortho intramolecular Hbond substituents is 1. The van der Waals surface area contributed by atoms with Gasteiger partial charge in [0, 0.05) is 31.3 Å². The first kappa shape index (κ1) is 22.8. The predicted octanol–water partition coefficient (Wildman–Crippen LogP) is 0.187. The van der Waals surface area contributed by atoms with Gasteiger partial charge >= 0.3 is 0 Å². The molecule has 0 saturated carbocycles. The van der Waals surface area contributed by atoms with Gasteiger partial charge in [-0.3, -0.25) is 19.3 Å². The fourth-order valence-corrected chi connectivity index (χ4v) is 5.65. The topological polar surface area (TPSA) is 165 Å². The Morgan fingerprint density at radius 3 is 2.30 bits per heavy atom. The zero-order valence-electron chi connectivity index (χ0n) is 18.8. The Morgan fingerprint density at radius 2 is 1.76 bits per heavy atom. The number of rotatable bonds is 3. The van der Waals surface area contributed by atoms with Crippen LogP contribution < -0.4 is 10.6 Å². The minimum absolute atomic E-state index is 0.00184. The van der Waals surface area contributed by atoms with Crippen molar-refractivity contribution in [3.8, 4) is 5.75 Å². The molecule has 0 aliphatic heterocycles. The van der Waals surface area contributed by atoms with E-state index in [-0.39, 0.29) is 29.7 Å². The van der Waals surface area contributed by atoms with Gasteiger partial charge in [-0.25, -0.2) is 0 Å². The highest BCUT2D eigenvalue weighted by atomic mass is 16.3. The summed E-state index contributed by atoms with van der Waals surface area (Å²) in [5.74, 6) is -6.53. The second kappa shape index (κ2) is 7.32. The maximum absolute atomic E-state index is 13.5. The summed E-state index contributed by atoms with van der Waals surface area (Å²) >= 11 is 0. The van der Waals surface area contributed by atoms with Crippen molar-refractivity contribution in [1.29, 1.82) is 0 Å². The molecule has 1 amide bonds. The van der Waals surface area contributed by atoms with Crippen molar-refractivity contribution in [2.75, 3.05) is 33.1 Å². The number of benzene rings is 1. The maximum atomic E-state index is 13.5. The smallest absolute Gasteiger partial charge is 0.255 e. The molecule has 3 unspecified atom stereocenters. The molecule has 176 valence electrons. The molecule has 10 heteroatoms. The van der Waals surface area contributed by atoms with Crippen molar-refractivity contribution in [2.45, 2.75) is 24.5 Å². The standard InChI is InChI=1S/C23H27N3O7/c1-25(2)12-5-6-13(27)15-10(12)7-9-8-11-17(26(3)4)19(29)16(22(24)32)21(31)23(11,33)20(30)14(9)18(15)28/h5-6,9,11,17,27,29-30,33H,7-8H2,1-4H3,(H2,24,32)/t9?,11?,17?,23-/m0/s1. The molecule has 3 aliphatic carbocycles. The highest BCUT2D eigenvalue weighted by Gasteiger charge is 2.63. The molecule has 0 fully saturated rings. The van der Waals surface area contributed by atoms with E-state index in [0.717, 1.165) is 5.69 Å². The van der Waals surface area contributed by atoms with E-state index in [0.29, 0.717) is 5.56 Å². The van der Waals surface area contributed by atoms with Crippen LogP contribution in [-0.2, 0) is 16.0 Å². The third-order valence-corrected chi connectivity index (χ3v) is 7.06. The van der Waals surface area contributed by atoms with E-state index in [1.807, 2.05) is 0 Å². The number of aliphatic hydroxyl groups excluding tert-OH is 2. The number of likely N-dealkylation sites (N-methyl/N-ethyl adjacent to an activating group) is 1. The number of nitrogens with two attached hydrogens (primary N) is 1. The number of hydrogen-bond acceptors (Lipinski definition) is 9. The largest absolute Gasteiger partial charge is 0.510 e. The van der Waals surface area contributed by atoms with Gasteiger partial charge in [-0.2, -0.15) is 0 Å². The summed E-state index contributed by atoms with van der Waals surface area (Å²) in [4.78, 5) is 42.0. The highest BCUT2D eigenvalue weighted by molar-refractivity contribution is 6.24. The second-order valence-electron chi connectivity index (χ2n) is 9.31. The Bertz CT molecular complexity index is 1170. The monoisotopic (exact) mass is 457 g/mol. The summed E-state index contributed by atoms with van der Waals surface area (Å²) in [5.41, 5.74) is 3.02. The Hall–Kier alpha value is -3.37. The summed E-state index contributed by atoms with van der Waals surface area (Å²) in [5, 5.41) is 43.9. The molecular formula is C23H27N3O7. The number of allylic oxidation sites excluding steroid dienone is 1. The van der Waals surface area contributed by atoms with Gasteiger partial charge in [0.2, 0.25) is 5.78 Å². The molecule has 10 nitrogen and oxygen atoms in total. The molecule has 0 spiro atoms. The zero-order valence-corrected chi connectivity index (χ0v) is 18.8. The maximum Gasteiger partial charge on any atom is 0.255 e. The van der Waals surface area contributed by atoms with Crippen molar-refractivity contribution < 1.29 is 34.8 Å². The minimum atomic E-state index is -2.63. The number of hydrogen-bond donors (Lipinski definition) is 5. The van der Waals surface area contributed by atoms with E-state index >= 15 is 0 Å². The van der Waals surface area contributed by atoms with Crippen molar-refractivity contribution in [2.24, 2.45) is 17.6 Å². The van der Waals surface area contributed by atoms with Crippen LogP contribution >= 0.6 is 0 Å². The summed E-state index contributed by atoms with van der Waals surface area (Å²) in [7, 11) is 6.79. The quantitative estimate of drug-likeness (QED) is 0.398. The van der Waals surface area contributed by atoms with Gasteiger partial charge in [-0.05, 0) is 50.6 Å². The molecule has 0 heterocycles. The third-order valence-electron chi connectivity index (χ3n) is 7.06. The molecule has 0 aromatic heterocycles. The first-order valence-electron chi connectivity index (χ1n) is 10.5. The molecular weight excluding hydrogens is 430 g/mol. The number of aliphatic hydroxyl groups is 3. The molecule has 1 aromatic rings. The SMILES string of the molecule is CN(C)c1ccc(O)c2c1CC1CC3C(N(C)C)C(O)=C(C(N)=O)C(=O)[C@@]3(O)C(O)=C1C2=O. The average Bonchev–Trinajstić information content (AvgIpc) is 2.70. The van der Waals surface area contributed by atoms with Crippen LogP contribution in [-0.4, -0.2) is 82.6 Å². The summed E-state index contributed by atoms with van der Waals surface area (Å²) in [6, 6.07) is 2.06. The lowest BCUT2D eigenvalue weighted by Crippen LogP contribution is -2.63. The normalized spacial score (nSPS) is 29.1. The van der Waals surface area contributed by atoms with Crippen LogP contribution in [0, 0.1) is 11.8 Å². The average molecular weight is 457 g/mol. The first-order chi connectivity index (χ1) is 15.3. The Labute approximate surface area is 190 Å². The lowest BCUT2D eigenvalue weighted by molar-refractivity contribution is -0.148. The molecule has 33 heavy (non-hydrogen) atoms. The van der Waals surface area contributed by atoms with Crippen molar-refractivity contribution >= 4 is 23.2 Å². The van der Waals surface area contributed by atoms with Crippen molar-refractivity contribution in [3.05, 3.63) is 45.9 Å². The summed E-state index contributed by atoms with van der Waals surface area (Å²) < 4.78 is 0. The number of aromatic hydroxyl groups is 1. The molecule has 0 radical (unpaired) electrons. The Morgan fingerprint density at radius 1 is 1.12 bits per heavy atom. The zero-order chi connectivity index (χ0) is 24.6. The van der Waals surface area contributed by atoms with Gasteiger partial charge < -0.3 is 31.1 Å². The molecule has 3 aliphatic rings. The van der Waals surface area contributed by atoms with Gasteiger partial charge in [-0.1, -0.05) is 0 Å². The number of phenols is 1. The lowest BCUT2D eigenvalue weighted by Gasteiger charge is -2.50. The number of primary amides is 1. The van der Waals surface area contributed by atoms with Crippen LogP contribution in [0.1, 0.15) is 22.3 Å². The molecule has 0 bridgehead atoms. The van der Waals surface area contributed by atoms with Crippen LogP contribution in [0.4, 0.5) is 5.69 Å². The molecule has 0 saturated heterocycles. The third kappa shape index (κ3) is 2.90. The Kier molecular flexibility index (Phi) is 5.06. The number of ketones is 2. The number of nitrogens with zero attached hydrogens (tertiary/aromatic N) is 2. The van der Waals surface area contributed by atoms with Crippen LogP contribution in [0.15, 0.2) is 34.8 Å². The summed E-state index contributed by atoms with van der Waals surface area (Å²) in [6.45, 7) is 0. The number of fused-ring (bicyclic) bond motifs is 3. The molecule has 6 N–H and O–H groups in total. The molecule has 1 aromatic carbocycles.